The molecule has 1 aliphatic rings. The Bertz CT molecular complexity index is 1010. The number of thiazole rings is 1. The van der Waals surface area contributed by atoms with Crippen molar-refractivity contribution in [2.45, 2.75) is 22.9 Å². The first-order chi connectivity index (χ1) is 14.1. The molecule has 2 aromatic carbocycles. The van der Waals surface area contributed by atoms with Crippen LogP contribution >= 0.6 is 23.1 Å². The molecule has 1 aromatic heterocycles. The van der Waals surface area contributed by atoms with Gasteiger partial charge in [0.2, 0.25) is 5.91 Å². The van der Waals surface area contributed by atoms with Crippen molar-refractivity contribution in [1.29, 1.82) is 0 Å². The number of anilines is 1. The van der Waals surface area contributed by atoms with E-state index in [0.29, 0.717) is 30.4 Å². The summed E-state index contributed by atoms with van der Waals surface area (Å²) >= 11 is 2.85. The summed E-state index contributed by atoms with van der Waals surface area (Å²) < 4.78 is 25.1. The van der Waals surface area contributed by atoms with Gasteiger partial charge in [-0.1, -0.05) is 11.8 Å². The van der Waals surface area contributed by atoms with E-state index < -0.39 is 0 Å². The van der Waals surface area contributed by atoms with Crippen LogP contribution in [0.15, 0.2) is 52.2 Å². The first-order valence-corrected chi connectivity index (χ1v) is 10.9. The highest BCUT2D eigenvalue weighted by atomic mass is 32.2. The third kappa shape index (κ3) is 4.89. The molecule has 0 saturated heterocycles. The van der Waals surface area contributed by atoms with E-state index in [4.69, 9.17) is 9.47 Å². The normalized spacial score (nSPS) is 14.1. The zero-order chi connectivity index (χ0) is 20.2. The highest BCUT2D eigenvalue weighted by Gasteiger charge is 2.18. The van der Waals surface area contributed by atoms with Gasteiger partial charge in [-0.15, -0.1) is 11.3 Å². The van der Waals surface area contributed by atoms with Gasteiger partial charge in [-0.3, -0.25) is 4.79 Å². The summed E-state index contributed by atoms with van der Waals surface area (Å²) in [4.78, 5) is 17.1. The molecular weight excluding hydrogens is 411 g/mol. The molecule has 0 fully saturated rings. The standard InChI is InChI=1S/C21H19FN2O3S2/c1-13(29-21-24-17(12-28-21)14-3-5-15(22)6-4-14)20(25)23-16-7-8-18-19(11-16)27-10-2-9-26-18/h3-8,11-13H,2,9-10H2,1H3,(H,23,25). The van der Waals surface area contributed by atoms with E-state index in [0.717, 1.165) is 22.0 Å². The summed E-state index contributed by atoms with van der Waals surface area (Å²) in [7, 11) is 0. The second kappa shape index (κ2) is 8.84. The minimum atomic E-state index is -0.335. The second-order valence-electron chi connectivity index (χ2n) is 6.47. The molecule has 0 bridgehead atoms. The van der Waals surface area contributed by atoms with Gasteiger partial charge in [0.15, 0.2) is 15.8 Å². The van der Waals surface area contributed by atoms with Gasteiger partial charge in [-0.05, 0) is 43.3 Å². The number of hydrogen-bond acceptors (Lipinski definition) is 6. The maximum Gasteiger partial charge on any atom is 0.237 e. The van der Waals surface area contributed by atoms with E-state index in [1.54, 1.807) is 24.3 Å². The number of fused-ring (bicyclic) bond motifs is 1. The molecule has 5 nitrogen and oxygen atoms in total. The van der Waals surface area contributed by atoms with Gasteiger partial charge in [0.05, 0.1) is 24.2 Å². The largest absolute Gasteiger partial charge is 0.490 e. The number of carbonyl (C=O) groups excluding carboxylic acids is 1. The lowest BCUT2D eigenvalue weighted by Gasteiger charge is -2.13. The maximum absolute atomic E-state index is 13.1. The topological polar surface area (TPSA) is 60.5 Å². The summed E-state index contributed by atoms with van der Waals surface area (Å²) in [5.41, 5.74) is 2.28. The molecule has 29 heavy (non-hydrogen) atoms. The Balaban J connectivity index is 1.39. The average Bonchev–Trinajstić information content (AvgIpc) is 3.05. The van der Waals surface area contributed by atoms with Crippen molar-refractivity contribution in [1.82, 2.24) is 4.98 Å². The lowest BCUT2D eigenvalue weighted by molar-refractivity contribution is -0.115. The minimum absolute atomic E-state index is 0.122. The van der Waals surface area contributed by atoms with Crippen LogP contribution in [0.3, 0.4) is 0 Å². The number of thioether (sulfide) groups is 1. The maximum atomic E-state index is 13.1. The number of nitrogens with zero attached hydrogens (tertiary/aromatic N) is 1. The molecule has 1 amide bonds. The number of carbonyl (C=O) groups is 1. The molecule has 1 N–H and O–H groups in total. The number of aromatic nitrogens is 1. The van der Waals surface area contributed by atoms with E-state index in [1.807, 2.05) is 18.4 Å². The number of nitrogens with one attached hydrogen (secondary N) is 1. The van der Waals surface area contributed by atoms with Crippen LogP contribution in [0, 0.1) is 5.82 Å². The fourth-order valence-electron chi connectivity index (χ4n) is 2.75. The average molecular weight is 431 g/mol. The van der Waals surface area contributed by atoms with Gasteiger partial charge in [-0.25, -0.2) is 9.37 Å². The van der Waals surface area contributed by atoms with Crippen LogP contribution in [0.4, 0.5) is 10.1 Å². The zero-order valence-corrected chi connectivity index (χ0v) is 17.3. The molecule has 0 aliphatic carbocycles. The van der Waals surface area contributed by atoms with Crippen LogP contribution in [0.25, 0.3) is 11.3 Å². The monoisotopic (exact) mass is 430 g/mol. The van der Waals surface area contributed by atoms with Crippen molar-refractivity contribution in [3.8, 4) is 22.8 Å². The van der Waals surface area contributed by atoms with Crippen molar-refractivity contribution in [3.05, 3.63) is 53.7 Å². The third-order valence-corrected chi connectivity index (χ3v) is 6.36. The van der Waals surface area contributed by atoms with E-state index >= 15 is 0 Å². The first kappa shape index (κ1) is 19.7. The quantitative estimate of drug-likeness (QED) is 0.562. The number of benzene rings is 2. The van der Waals surface area contributed by atoms with Crippen molar-refractivity contribution in [3.63, 3.8) is 0 Å². The summed E-state index contributed by atoms with van der Waals surface area (Å²) in [5.74, 6) is 0.935. The zero-order valence-electron chi connectivity index (χ0n) is 15.7. The van der Waals surface area contributed by atoms with Crippen LogP contribution in [0.5, 0.6) is 11.5 Å². The Morgan fingerprint density at radius 3 is 2.72 bits per heavy atom. The predicted molar refractivity (Wildman–Crippen MR) is 114 cm³/mol. The second-order valence-corrected chi connectivity index (χ2v) is 8.91. The highest BCUT2D eigenvalue weighted by Crippen LogP contribution is 2.34. The molecule has 0 spiro atoms. The Hall–Kier alpha value is -2.58. The van der Waals surface area contributed by atoms with E-state index in [2.05, 4.69) is 10.3 Å². The number of hydrogen-bond donors (Lipinski definition) is 1. The Labute approximate surface area is 176 Å². The number of rotatable bonds is 5. The van der Waals surface area contributed by atoms with Crippen LogP contribution in [0.1, 0.15) is 13.3 Å². The van der Waals surface area contributed by atoms with Crippen molar-refractivity contribution < 1.29 is 18.7 Å². The fourth-order valence-corrected chi connectivity index (χ4v) is 4.73. The van der Waals surface area contributed by atoms with Crippen molar-refractivity contribution >= 4 is 34.7 Å². The van der Waals surface area contributed by atoms with Gasteiger partial charge in [0.25, 0.3) is 0 Å². The lowest BCUT2D eigenvalue weighted by atomic mass is 10.2. The van der Waals surface area contributed by atoms with Gasteiger partial charge < -0.3 is 14.8 Å². The molecule has 1 atom stereocenters. The van der Waals surface area contributed by atoms with Crippen molar-refractivity contribution in [2.75, 3.05) is 18.5 Å². The van der Waals surface area contributed by atoms with E-state index in [9.17, 15) is 9.18 Å². The molecule has 1 unspecified atom stereocenters. The summed E-state index contributed by atoms with van der Waals surface area (Å²) in [6, 6.07) is 11.6. The molecule has 150 valence electrons. The molecule has 1 aliphatic heterocycles. The number of amides is 1. The Kier molecular flexibility index (Phi) is 6.01. The van der Waals surface area contributed by atoms with Crippen molar-refractivity contribution in [2.24, 2.45) is 0 Å². The molecule has 4 rings (SSSR count). The smallest absolute Gasteiger partial charge is 0.237 e. The van der Waals surface area contributed by atoms with E-state index in [1.165, 1.54) is 35.2 Å². The minimum Gasteiger partial charge on any atom is -0.490 e. The Morgan fingerprint density at radius 2 is 1.93 bits per heavy atom. The number of halogens is 1. The van der Waals surface area contributed by atoms with Crippen LogP contribution in [-0.4, -0.2) is 29.4 Å². The first-order valence-electron chi connectivity index (χ1n) is 9.17. The van der Waals surface area contributed by atoms with Gasteiger partial charge in [0.1, 0.15) is 5.82 Å². The molecule has 8 heteroatoms. The molecule has 0 saturated carbocycles. The third-order valence-electron chi connectivity index (χ3n) is 4.28. The molecule has 3 aromatic rings. The van der Waals surface area contributed by atoms with Gasteiger partial charge >= 0.3 is 0 Å². The predicted octanol–water partition coefficient (Wildman–Crippen LogP) is 5.23. The molecular formula is C21H19FN2O3S2. The SMILES string of the molecule is CC(Sc1nc(-c2ccc(F)cc2)cs1)C(=O)Nc1ccc2c(c1)OCCCO2. The molecule has 0 radical (unpaired) electrons. The number of ether oxygens (including phenoxy) is 2. The van der Waals surface area contributed by atoms with E-state index in [-0.39, 0.29) is 17.0 Å². The van der Waals surface area contributed by atoms with Gasteiger partial charge in [0, 0.05) is 29.1 Å². The summed E-state index contributed by atoms with van der Waals surface area (Å²) in [6.45, 7) is 3.05. The Morgan fingerprint density at radius 1 is 1.17 bits per heavy atom. The van der Waals surface area contributed by atoms with Crippen LogP contribution < -0.4 is 14.8 Å². The van der Waals surface area contributed by atoms with Crippen LogP contribution in [0.2, 0.25) is 0 Å². The summed E-state index contributed by atoms with van der Waals surface area (Å²) in [6.07, 6.45) is 0.831. The molecule has 2 heterocycles. The van der Waals surface area contributed by atoms with Gasteiger partial charge in [-0.2, -0.15) is 0 Å². The fraction of sp³-hybridized carbons (Fsp3) is 0.238. The summed E-state index contributed by atoms with van der Waals surface area (Å²) in [5, 5.41) is 4.49. The lowest BCUT2D eigenvalue weighted by Crippen LogP contribution is -2.22. The van der Waals surface area contributed by atoms with Crippen LogP contribution in [-0.2, 0) is 4.79 Å². The highest BCUT2D eigenvalue weighted by molar-refractivity contribution is 8.02.